The Kier molecular flexibility index (Phi) is 4.08. The maximum Gasteiger partial charge on any atom is 0.0604 e. The third kappa shape index (κ3) is 3.02. The molecular formula is C14H16ClNS. The number of anilines is 1. The van der Waals surface area contributed by atoms with Crippen molar-refractivity contribution >= 4 is 28.6 Å². The third-order valence-electron chi connectivity index (χ3n) is 2.82. The normalized spacial score (nSPS) is 12.4. The summed E-state index contributed by atoms with van der Waals surface area (Å²) in [6.07, 6.45) is 1.06. The third-order valence-corrected chi connectivity index (χ3v) is 4.05. The van der Waals surface area contributed by atoms with Crippen LogP contribution in [0.4, 0.5) is 5.69 Å². The molecule has 1 unspecified atom stereocenters. The molecule has 17 heavy (non-hydrogen) atoms. The van der Waals surface area contributed by atoms with E-state index in [1.54, 1.807) is 11.3 Å². The summed E-state index contributed by atoms with van der Waals surface area (Å²) in [5.74, 6) is 0. The maximum atomic E-state index is 6.03. The van der Waals surface area contributed by atoms with Crippen molar-refractivity contribution in [1.82, 2.24) is 0 Å². The molecule has 0 saturated carbocycles. The van der Waals surface area contributed by atoms with Crippen molar-refractivity contribution in [3.63, 3.8) is 0 Å². The van der Waals surface area contributed by atoms with Gasteiger partial charge in [-0.1, -0.05) is 30.7 Å². The lowest BCUT2D eigenvalue weighted by molar-refractivity contribution is 0.763. The molecular weight excluding hydrogens is 250 g/mol. The first-order valence-corrected chi connectivity index (χ1v) is 7.02. The van der Waals surface area contributed by atoms with Gasteiger partial charge in [0.05, 0.1) is 6.04 Å². The van der Waals surface area contributed by atoms with Gasteiger partial charge in [-0.2, -0.15) is 0 Å². The summed E-state index contributed by atoms with van der Waals surface area (Å²) in [6, 6.07) is 10.6. The predicted octanol–water partition coefficient (Wildman–Crippen LogP) is 5.27. The second kappa shape index (κ2) is 5.56. The molecule has 1 N–H and O–H groups in total. The fraction of sp³-hybridized carbons (Fsp3) is 0.286. The van der Waals surface area contributed by atoms with Crippen LogP contribution in [0.3, 0.4) is 0 Å². The number of thiophene rings is 1. The van der Waals surface area contributed by atoms with Crippen molar-refractivity contribution in [2.24, 2.45) is 0 Å². The average molecular weight is 266 g/mol. The Labute approximate surface area is 111 Å². The van der Waals surface area contributed by atoms with Crippen LogP contribution in [-0.4, -0.2) is 0 Å². The smallest absolute Gasteiger partial charge is 0.0604 e. The van der Waals surface area contributed by atoms with Crippen molar-refractivity contribution in [3.8, 4) is 0 Å². The van der Waals surface area contributed by atoms with Gasteiger partial charge in [0.25, 0.3) is 0 Å². The van der Waals surface area contributed by atoms with Gasteiger partial charge in [-0.15, -0.1) is 11.3 Å². The van der Waals surface area contributed by atoms with Gasteiger partial charge in [-0.05, 0) is 42.5 Å². The van der Waals surface area contributed by atoms with E-state index in [1.807, 2.05) is 18.2 Å². The lowest BCUT2D eigenvalue weighted by Crippen LogP contribution is -2.09. The summed E-state index contributed by atoms with van der Waals surface area (Å²) in [5, 5.41) is 6.46. The summed E-state index contributed by atoms with van der Waals surface area (Å²) in [6.45, 7) is 4.29. The van der Waals surface area contributed by atoms with Crippen LogP contribution in [-0.2, 0) is 0 Å². The average Bonchev–Trinajstić information content (AvgIpc) is 2.84. The largest absolute Gasteiger partial charge is 0.377 e. The zero-order valence-corrected chi connectivity index (χ0v) is 11.6. The summed E-state index contributed by atoms with van der Waals surface area (Å²) in [7, 11) is 0. The SMILES string of the molecule is CCC(Nc1cc(Cl)ccc1C)c1cccs1. The topological polar surface area (TPSA) is 12.0 Å². The van der Waals surface area contributed by atoms with Gasteiger partial charge in [-0.3, -0.25) is 0 Å². The van der Waals surface area contributed by atoms with E-state index < -0.39 is 0 Å². The molecule has 0 bridgehead atoms. The minimum Gasteiger partial charge on any atom is -0.377 e. The zero-order valence-electron chi connectivity index (χ0n) is 10.0. The summed E-state index contributed by atoms with van der Waals surface area (Å²) in [4.78, 5) is 1.37. The molecule has 0 aliphatic rings. The summed E-state index contributed by atoms with van der Waals surface area (Å²) in [5.41, 5.74) is 2.35. The molecule has 2 rings (SSSR count). The lowest BCUT2D eigenvalue weighted by Gasteiger charge is -2.18. The van der Waals surface area contributed by atoms with Crippen LogP contribution in [0.25, 0.3) is 0 Å². The Hall–Kier alpha value is -0.990. The van der Waals surface area contributed by atoms with Crippen LogP contribution >= 0.6 is 22.9 Å². The van der Waals surface area contributed by atoms with Crippen molar-refractivity contribution in [2.75, 3.05) is 5.32 Å². The minimum atomic E-state index is 0.368. The van der Waals surface area contributed by atoms with Crippen molar-refractivity contribution < 1.29 is 0 Å². The highest BCUT2D eigenvalue weighted by Gasteiger charge is 2.11. The van der Waals surface area contributed by atoms with E-state index in [2.05, 4.69) is 36.7 Å². The molecule has 1 aromatic carbocycles. The molecule has 0 aliphatic heterocycles. The second-order valence-electron chi connectivity index (χ2n) is 4.08. The molecule has 0 amide bonds. The predicted molar refractivity (Wildman–Crippen MR) is 77.2 cm³/mol. The van der Waals surface area contributed by atoms with Gasteiger partial charge in [0, 0.05) is 15.6 Å². The van der Waals surface area contributed by atoms with Gasteiger partial charge in [-0.25, -0.2) is 0 Å². The number of hydrogen-bond donors (Lipinski definition) is 1. The van der Waals surface area contributed by atoms with Crippen LogP contribution in [0.1, 0.15) is 29.8 Å². The van der Waals surface area contributed by atoms with Crippen LogP contribution in [0.5, 0.6) is 0 Å². The van der Waals surface area contributed by atoms with Crippen LogP contribution in [0.2, 0.25) is 5.02 Å². The molecule has 0 radical (unpaired) electrons. The van der Waals surface area contributed by atoms with Gasteiger partial charge in [0.1, 0.15) is 0 Å². The Morgan fingerprint density at radius 3 is 2.82 bits per heavy atom. The van der Waals surface area contributed by atoms with E-state index in [1.165, 1.54) is 10.4 Å². The maximum absolute atomic E-state index is 6.03. The fourth-order valence-electron chi connectivity index (χ4n) is 1.80. The molecule has 0 fully saturated rings. The van der Waals surface area contributed by atoms with Crippen LogP contribution < -0.4 is 5.32 Å². The number of benzene rings is 1. The number of aryl methyl sites for hydroxylation is 1. The molecule has 90 valence electrons. The molecule has 1 aromatic heterocycles. The van der Waals surface area contributed by atoms with Crippen molar-refractivity contribution in [1.29, 1.82) is 0 Å². The molecule has 1 nitrogen and oxygen atoms in total. The number of rotatable bonds is 4. The van der Waals surface area contributed by atoms with E-state index in [9.17, 15) is 0 Å². The van der Waals surface area contributed by atoms with Crippen molar-refractivity contribution in [3.05, 3.63) is 51.2 Å². The second-order valence-corrected chi connectivity index (χ2v) is 5.50. The first-order chi connectivity index (χ1) is 8.20. The minimum absolute atomic E-state index is 0.368. The monoisotopic (exact) mass is 265 g/mol. The molecule has 0 spiro atoms. The highest BCUT2D eigenvalue weighted by Crippen LogP contribution is 2.29. The molecule has 3 heteroatoms. The Balaban J connectivity index is 2.21. The molecule has 1 heterocycles. The molecule has 0 saturated heterocycles. The summed E-state index contributed by atoms with van der Waals surface area (Å²) < 4.78 is 0. The Bertz CT molecular complexity index is 479. The lowest BCUT2D eigenvalue weighted by atomic mass is 10.1. The summed E-state index contributed by atoms with van der Waals surface area (Å²) >= 11 is 7.82. The van der Waals surface area contributed by atoms with Gasteiger partial charge < -0.3 is 5.32 Å². The Morgan fingerprint density at radius 1 is 1.35 bits per heavy atom. The number of halogens is 1. The quantitative estimate of drug-likeness (QED) is 0.794. The standard InChI is InChI=1S/C14H16ClNS/c1-3-12(14-5-4-8-17-14)16-13-9-11(15)7-6-10(13)2/h4-9,12,16H,3H2,1-2H3. The zero-order chi connectivity index (χ0) is 12.3. The van der Waals surface area contributed by atoms with Crippen LogP contribution in [0.15, 0.2) is 35.7 Å². The first-order valence-electron chi connectivity index (χ1n) is 5.76. The Morgan fingerprint density at radius 2 is 2.18 bits per heavy atom. The van der Waals surface area contributed by atoms with Crippen LogP contribution in [0, 0.1) is 6.92 Å². The highest BCUT2D eigenvalue weighted by atomic mass is 35.5. The first kappa shape index (κ1) is 12.5. The van der Waals surface area contributed by atoms with E-state index in [-0.39, 0.29) is 0 Å². The van der Waals surface area contributed by atoms with E-state index in [0.717, 1.165) is 17.1 Å². The van der Waals surface area contributed by atoms with Gasteiger partial charge >= 0.3 is 0 Å². The molecule has 1 atom stereocenters. The van der Waals surface area contributed by atoms with E-state index in [4.69, 9.17) is 11.6 Å². The molecule has 2 aromatic rings. The fourth-order valence-corrected chi connectivity index (χ4v) is 2.83. The van der Waals surface area contributed by atoms with Gasteiger partial charge in [0.2, 0.25) is 0 Å². The highest BCUT2D eigenvalue weighted by molar-refractivity contribution is 7.10. The number of hydrogen-bond acceptors (Lipinski definition) is 2. The van der Waals surface area contributed by atoms with E-state index in [0.29, 0.717) is 6.04 Å². The van der Waals surface area contributed by atoms with Gasteiger partial charge in [0.15, 0.2) is 0 Å². The van der Waals surface area contributed by atoms with Crippen molar-refractivity contribution in [2.45, 2.75) is 26.3 Å². The number of nitrogens with one attached hydrogen (secondary N) is 1. The molecule has 0 aliphatic carbocycles. The van der Waals surface area contributed by atoms with E-state index >= 15 is 0 Å².